The number of pyridine rings is 1. The highest BCUT2D eigenvalue weighted by atomic mass is 16.6. The molecule has 144 valence electrons. The number of esters is 1. The third-order valence-electron chi connectivity index (χ3n) is 4.99. The van der Waals surface area contributed by atoms with Crippen LogP contribution in [0.4, 0.5) is 11.5 Å². The van der Waals surface area contributed by atoms with Gasteiger partial charge in [-0.05, 0) is 51.7 Å². The molecule has 2 aromatic rings. The molecule has 0 aliphatic carbocycles. The number of rotatable bonds is 5. The quantitative estimate of drug-likeness (QED) is 0.683. The topological polar surface area (TPSA) is 51.7 Å². The van der Waals surface area contributed by atoms with Gasteiger partial charge >= 0.3 is 5.97 Å². The Morgan fingerprint density at radius 1 is 1.11 bits per heavy atom. The second-order valence-corrected chi connectivity index (χ2v) is 7.25. The minimum atomic E-state index is -0.378. The first-order valence-electron chi connectivity index (χ1n) is 9.56. The first-order chi connectivity index (χ1) is 12.8. The predicted octanol–water partition coefficient (Wildman–Crippen LogP) is 5.15. The molecule has 0 bridgehead atoms. The Morgan fingerprint density at radius 2 is 1.74 bits per heavy atom. The summed E-state index contributed by atoms with van der Waals surface area (Å²) in [5.74, 6) is 0.794. The molecule has 0 unspecified atom stereocenters. The second-order valence-electron chi connectivity index (χ2n) is 7.25. The number of cyclic esters (lactones) is 1. The second kappa shape index (κ2) is 7.59. The van der Waals surface area contributed by atoms with Crippen LogP contribution in [0.2, 0.25) is 0 Å². The molecule has 1 aromatic carbocycles. The van der Waals surface area contributed by atoms with E-state index >= 15 is 0 Å². The maximum Gasteiger partial charge on any atom is 0.347 e. The highest BCUT2D eigenvalue weighted by Gasteiger charge is 2.33. The largest absolute Gasteiger partial charge is 0.489 e. The number of fused-ring (bicyclic) bond motifs is 1. The Hall–Kier alpha value is -2.56. The lowest BCUT2D eigenvalue weighted by atomic mass is 10.0. The Bertz CT molecular complexity index is 849. The van der Waals surface area contributed by atoms with Gasteiger partial charge in [0.15, 0.2) is 12.5 Å². The number of carbonyl (C=O) groups is 1. The van der Waals surface area contributed by atoms with E-state index in [0.717, 1.165) is 35.3 Å². The van der Waals surface area contributed by atoms with Gasteiger partial charge in [-0.25, -0.2) is 9.78 Å². The van der Waals surface area contributed by atoms with Crippen molar-refractivity contribution in [1.82, 2.24) is 4.98 Å². The van der Waals surface area contributed by atoms with Crippen molar-refractivity contribution in [3.8, 4) is 5.75 Å². The molecular weight excluding hydrogens is 340 g/mol. The molecule has 0 atom stereocenters. The molecular formula is C22H28N2O3. The molecule has 27 heavy (non-hydrogen) atoms. The van der Waals surface area contributed by atoms with Crippen molar-refractivity contribution in [1.29, 1.82) is 0 Å². The zero-order valence-corrected chi connectivity index (χ0v) is 17.0. The zero-order chi connectivity index (χ0) is 19.7. The molecule has 2 heterocycles. The van der Waals surface area contributed by atoms with Crippen LogP contribution >= 0.6 is 0 Å². The summed E-state index contributed by atoms with van der Waals surface area (Å²) < 4.78 is 11.7. The average Bonchev–Trinajstić information content (AvgIpc) is 2.60. The van der Waals surface area contributed by atoms with E-state index in [1.807, 2.05) is 17.9 Å². The zero-order valence-electron chi connectivity index (χ0n) is 17.0. The van der Waals surface area contributed by atoms with Gasteiger partial charge in [0, 0.05) is 11.8 Å². The number of nitrogens with zero attached hydrogens (tertiary/aromatic N) is 2. The molecule has 1 aliphatic rings. The maximum absolute atomic E-state index is 12.6. The fourth-order valence-corrected chi connectivity index (χ4v) is 3.77. The van der Waals surface area contributed by atoms with E-state index in [0.29, 0.717) is 17.1 Å². The Kier molecular flexibility index (Phi) is 5.40. The van der Waals surface area contributed by atoms with Crippen LogP contribution in [0.1, 0.15) is 59.4 Å². The van der Waals surface area contributed by atoms with Crippen LogP contribution in [0.3, 0.4) is 0 Å². The number of hydrogen-bond acceptors (Lipinski definition) is 5. The Labute approximate surface area is 161 Å². The molecule has 0 N–H and O–H groups in total. The molecule has 0 saturated heterocycles. The molecule has 5 heteroatoms. The first kappa shape index (κ1) is 19.2. The van der Waals surface area contributed by atoms with Gasteiger partial charge in [0.25, 0.3) is 0 Å². The molecule has 0 radical (unpaired) electrons. The van der Waals surface area contributed by atoms with E-state index < -0.39 is 0 Å². The SMILES string of the molecule is CCC(CC)Oc1cc(C)nc2c1C(=O)OCN2c1c(C)cc(C)cc1C. The molecule has 0 fully saturated rings. The summed E-state index contributed by atoms with van der Waals surface area (Å²) in [4.78, 5) is 19.3. The summed E-state index contributed by atoms with van der Waals surface area (Å²) >= 11 is 0. The van der Waals surface area contributed by atoms with E-state index in [1.165, 1.54) is 5.56 Å². The molecule has 3 rings (SSSR count). The fraction of sp³-hybridized carbons (Fsp3) is 0.455. The normalized spacial score (nSPS) is 13.6. The lowest BCUT2D eigenvalue weighted by Gasteiger charge is -2.33. The molecule has 5 nitrogen and oxygen atoms in total. The van der Waals surface area contributed by atoms with Crippen molar-refractivity contribution in [3.63, 3.8) is 0 Å². The smallest absolute Gasteiger partial charge is 0.347 e. The average molecular weight is 368 g/mol. The number of ether oxygens (including phenoxy) is 2. The maximum atomic E-state index is 12.6. The summed E-state index contributed by atoms with van der Waals surface area (Å²) in [6, 6.07) is 6.10. The minimum absolute atomic E-state index is 0.0573. The Morgan fingerprint density at radius 3 is 2.33 bits per heavy atom. The van der Waals surface area contributed by atoms with E-state index in [1.54, 1.807) is 0 Å². The van der Waals surface area contributed by atoms with Gasteiger partial charge in [0.1, 0.15) is 11.3 Å². The van der Waals surface area contributed by atoms with Crippen LogP contribution in [0.15, 0.2) is 18.2 Å². The summed E-state index contributed by atoms with van der Waals surface area (Å²) in [5, 5.41) is 0. The summed E-state index contributed by atoms with van der Waals surface area (Å²) in [7, 11) is 0. The first-order valence-corrected chi connectivity index (χ1v) is 9.56. The van der Waals surface area contributed by atoms with Crippen LogP contribution in [0.25, 0.3) is 0 Å². The predicted molar refractivity (Wildman–Crippen MR) is 107 cm³/mol. The van der Waals surface area contributed by atoms with Crippen molar-refractivity contribution < 1.29 is 14.3 Å². The number of aryl methyl sites for hydroxylation is 4. The molecule has 0 spiro atoms. The van der Waals surface area contributed by atoms with E-state index in [9.17, 15) is 4.79 Å². The van der Waals surface area contributed by atoms with Crippen LogP contribution in [-0.2, 0) is 4.74 Å². The molecule has 1 aromatic heterocycles. The van der Waals surface area contributed by atoms with Gasteiger partial charge in [-0.3, -0.25) is 4.90 Å². The van der Waals surface area contributed by atoms with Gasteiger partial charge in [-0.15, -0.1) is 0 Å². The molecule has 1 aliphatic heterocycles. The standard InChI is InChI=1S/C22H28N2O3/c1-7-17(8-2)27-18-11-16(6)23-21-19(18)22(25)26-12-24(21)20-14(4)9-13(3)10-15(20)5/h9-11,17H,7-8,12H2,1-6H3. The summed E-state index contributed by atoms with van der Waals surface area (Å²) in [6.07, 6.45) is 1.81. The molecule has 0 saturated carbocycles. The lowest BCUT2D eigenvalue weighted by molar-refractivity contribution is 0.0482. The van der Waals surface area contributed by atoms with Crippen molar-refractivity contribution in [2.75, 3.05) is 11.6 Å². The summed E-state index contributed by atoms with van der Waals surface area (Å²) in [5.41, 5.74) is 5.72. The van der Waals surface area contributed by atoms with Crippen LogP contribution in [0.5, 0.6) is 5.75 Å². The van der Waals surface area contributed by atoms with Crippen LogP contribution in [-0.4, -0.2) is 23.8 Å². The third-order valence-corrected chi connectivity index (χ3v) is 4.99. The number of hydrogen-bond donors (Lipinski definition) is 0. The number of aromatic nitrogens is 1. The van der Waals surface area contributed by atoms with Crippen molar-refractivity contribution in [3.05, 3.63) is 46.1 Å². The van der Waals surface area contributed by atoms with E-state index in [2.05, 4.69) is 46.8 Å². The highest BCUT2D eigenvalue weighted by molar-refractivity contribution is 6.00. The fourth-order valence-electron chi connectivity index (χ4n) is 3.77. The minimum Gasteiger partial charge on any atom is -0.489 e. The van der Waals surface area contributed by atoms with Gasteiger partial charge in [0.05, 0.1) is 11.8 Å². The number of anilines is 2. The highest BCUT2D eigenvalue weighted by Crippen LogP contribution is 2.40. The number of benzene rings is 1. The molecule has 0 amide bonds. The van der Waals surface area contributed by atoms with Crippen molar-refractivity contribution in [2.45, 2.75) is 60.5 Å². The van der Waals surface area contributed by atoms with E-state index in [4.69, 9.17) is 14.5 Å². The third kappa shape index (κ3) is 3.64. The van der Waals surface area contributed by atoms with Crippen molar-refractivity contribution in [2.24, 2.45) is 0 Å². The van der Waals surface area contributed by atoms with Gasteiger partial charge in [-0.2, -0.15) is 0 Å². The Balaban J connectivity index is 2.16. The van der Waals surface area contributed by atoms with Gasteiger partial charge in [-0.1, -0.05) is 31.5 Å². The van der Waals surface area contributed by atoms with Gasteiger partial charge in [0.2, 0.25) is 0 Å². The summed E-state index contributed by atoms with van der Waals surface area (Å²) in [6.45, 7) is 12.5. The van der Waals surface area contributed by atoms with Crippen molar-refractivity contribution >= 4 is 17.5 Å². The van der Waals surface area contributed by atoms with E-state index in [-0.39, 0.29) is 18.8 Å². The van der Waals surface area contributed by atoms with Crippen LogP contribution < -0.4 is 9.64 Å². The lowest BCUT2D eigenvalue weighted by Crippen LogP contribution is -2.33. The monoisotopic (exact) mass is 368 g/mol. The van der Waals surface area contributed by atoms with Crippen LogP contribution in [0, 0.1) is 27.7 Å². The van der Waals surface area contributed by atoms with Gasteiger partial charge < -0.3 is 9.47 Å². The number of carbonyl (C=O) groups excluding carboxylic acids is 1.